The van der Waals surface area contributed by atoms with Gasteiger partial charge >= 0.3 is 0 Å². The molecule has 0 saturated carbocycles. The minimum Gasteiger partial charge on any atom is -0.352 e. The van der Waals surface area contributed by atoms with Gasteiger partial charge in [0.2, 0.25) is 11.8 Å². The minimum atomic E-state index is -0.546. The van der Waals surface area contributed by atoms with Crippen molar-refractivity contribution in [1.29, 1.82) is 0 Å². The van der Waals surface area contributed by atoms with Gasteiger partial charge in [0.15, 0.2) is 0 Å². The smallest absolute Gasteiger partial charge is 0.242 e. The fourth-order valence-corrected chi connectivity index (χ4v) is 4.00. The van der Waals surface area contributed by atoms with Gasteiger partial charge in [0.25, 0.3) is 0 Å². The van der Waals surface area contributed by atoms with E-state index in [9.17, 15) is 9.59 Å². The number of benzene rings is 2. The van der Waals surface area contributed by atoms with E-state index in [-0.39, 0.29) is 17.9 Å². The van der Waals surface area contributed by atoms with E-state index in [2.05, 4.69) is 21.2 Å². The van der Waals surface area contributed by atoms with Crippen LogP contribution >= 0.6 is 39.3 Å². The van der Waals surface area contributed by atoms with E-state index < -0.39 is 6.04 Å². The third kappa shape index (κ3) is 7.97. The molecular formula is C23H28BrClN2O2S. The average Bonchev–Trinajstić information content (AvgIpc) is 2.74. The molecule has 0 unspecified atom stereocenters. The molecule has 0 saturated heterocycles. The average molecular weight is 512 g/mol. The Morgan fingerprint density at radius 2 is 1.73 bits per heavy atom. The van der Waals surface area contributed by atoms with Gasteiger partial charge in [-0.05, 0) is 62.2 Å². The van der Waals surface area contributed by atoms with Crippen LogP contribution in [0.2, 0.25) is 5.02 Å². The highest BCUT2D eigenvalue weighted by molar-refractivity contribution is 9.10. The second-order valence-corrected chi connectivity index (χ2v) is 9.71. The molecule has 2 amide bonds. The highest BCUT2D eigenvalue weighted by Gasteiger charge is 2.26. The first-order valence-electron chi connectivity index (χ1n) is 10.0. The molecule has 0 radical (unpaired) electrons. The Bertz CT molecular complexity index is 830. The van der Waals surface area contributed by atoms with Crippen molar-refractivity contribution in [3.05, 3.63) is 63.6 Å². The van der Waals surface area contributed by atoms with Crippen LogP contribution in [-0.4, -0.2) is 34.6 Å². The van der Waals surface area contributed by atoms with Crippen LogP contribution in [0.4, 0.5) is 0 Å². The van der Waals surface area contributed by atoms with Gasteiger partial charge in [0.05, 0.1) is 0 Å². The summed E-state index contributed by atoms with van der Waals surface area (Å²) in [6, 6.07) is 14.9. The molecule has 0 aliphatic carbocycles. The lowest BCUT2D eigenvalue weighted by Gasteiger charge is -2.29. The standard InChI is InChI=1S/C23H28BrClN2O2S/c1-4-16(2)26-23(29)17(3)27(15-18-5-7-19(24)8-6-18)22(28)13-14-30-21-11-9-20(25)10-12-21/h5-12,16-17H,4,13-15H2,1-3H3,(H,26,29)/t16-,17-/m1/s1. The van der Waals surface area contributed by atoms with Crippen LogP contribution in [-0.2, 0) is 16.1 Å². The van der Waals surface area contributed by atoms with Gasteiger partial charge in [-0.3, -0.25) is 9.59 Å². The molecule has 0 aliphatic heterocycles. The maximum atomic E-state index is 13.1. The highest BCUT2D eigenvalue weighted by Crippen LogP contribution is 2.22. The first-order chi connectivity index (χ1) is 14.3. The number of rotatable bonds is 10. The summed E-state index contributed by atoms with van der Waals surface area (Å²) in [5.41, 5.74) is 0.986. The van der Waals surface area contributed by atoms with Crippen LogP contribution < -0.4 is 5.32 Å². The third-order valence-corrected chi connectivity index (χ3v) is 6.63. The van der Waals surface area contributed by atoms with Crippen molar-refractivity contribution in [2.24, 2.45) is 0 Å². The quantitative estimate of drug-likeness (QED) is 0.403. The first-order valence-corrected chi connectivity index (χ1v) is 12.2. The summed E-state index contributed by atoms with van der Waals surface area (Å²) in [5.74, 6) is 0.475. The third-order valence-electron chi connectivity index (χ3n) is 4.83. The van der Waals surface area contributed by atoms with Crippen molar-refractivity contribution in [3.8, 4) is 0 Å². The van der Waals surface area contributed by atoms with E-state index in [1.54, 1.807) is 23.6 Å². The van der Waals surface area contributed by atoms with Gasteiger partial charge in [-0.15, -0.1) is 11.8 Å². The summed E-state index contributed by atoms with van der Waals surface area (Å²) >= 11 is 11.0. The molecule has 0 aromatic heterocycles. The maximum Gasteiger partial charge on any atom is 0.242 e. The van der Waals surface area contributed by atoms with Gasteiger partial charge in [-0.1, -0.05) is 46.6 Å². The van der Waals surface area contributed by atoms with Crippen LogP contribution in [0.5, 0.6) is 0 Å². The number of hydrogen-bond donors (Lipinski definition) is 1. The summed E-state index contributed by atoms with van der Waals surface area (Å²) in [6.07, 6.45) is 1.20. The highest BCUT2D eigenvalue weighted by atomic mass is 79.9. The van der Waals surface area contributed by atoms with Crippen LogP contribution in [0.1, 0.15) is 39.2 Å². The Morgan fingerprint density at radius 3 is 2.33 bits per heavy atom. The molecule has 7 heteroatoms. The molecule has 0 bridgehead atoms. The zero-order valence-electron chi connectivity index (χ0n) is 17.5. The van der Waals surface area contributed by atoms with E-state index in [0.717, 1.165) is 21.4 Å². The van der Waals surface area contributed by atoms with E-state index in [4.69, 9.17) is 11.6 Å². The van der Waals surface area contributed by atoms with E-state index in [0.29, 0.717) is 23.7 Å². The largest absolute Gasteiger partial charge is 0.352 e. The van der Waals surface area contributed by atoms with Crippen molar-refractivity contribution in [2.75, 3.05) is 5.75 Å². The van der Waals surface area contributed by atoms with Crippen molar-refractivity contribution in [3.63, 3.8) is 0 Å². The summed E-state index contributed by atoms with van der Waals surface area (Å²) in [4.78, 5) is 28.5. The molecule has 0 aliphatic rings. The number of nitrogens with zero attached hydrogens (tertiary/aromatic N) is 1. The Morgan fingerprint density at radius 1 is 1.10 bits per heavy atom. The second kappa shape index (κ2) is 12.4. The van der Waals surface area contributed by atoms with Crippen molar-refractivity contribution in [2.45, 2.75) is 57.1 Å². The van der Waals surface area contributed by atoms with Crippen LogP contribution in [0, 0.1) is 0 Å². The number of carbonyl (C=O) groups is 2. The lowest BCUT2D eigenvalue weighted by Crippen LogP contribution is -2.49. The fourth-order valence-electron chi connectivity index (χ4n) is 2.77. The summed E-state index contributed by atoms with van der Waals surface area (Å²) in [7, 11) is 0. The lowest BCUT2D eigenvalue weighted by atomic mass is 10.1. The summed E-state index contributed by atoms with van der Waals surface area (Å²) < 4.78 is 0.978. The predicted octanol–water partition coefficient (Wildman–Crippen LogP) is 5.92. The molecule has 0 spiro atoms. The van der Waals surface area contributed by atoms with Gasteiger partial charge < -0.3 is 10.2 Å². The predicted molar refractivity (Wildman–Crippen MR) is 129 cm³/mol. The Kier molecular flexibility index (Phi) is 10.2. The molecule has 30 heavy (non-hydrogen) atoms. The van der Waals surface area contributed by atoms with Gasteiger partial charge in [-0.25, -0.2) is 0 Å². The molecule has 2 rings (SSSR count). The molecule has 2 aromatic carbocycles. The molecule has 2 atom stereocenters. The Hall–Kier alpha value is -1.50. The lowest BCUT2D eigenvalue weighted by molar-refractivity contribution is -0.140. The molecule has 0 fully saturated rings. The van der Waals surface area contributed by atoms with Crippen LogP contribution in [0.25, 0.3) is 0 Å². The Labute approximate surface area is 196 Å². The number of thioether (sulfide) groups is 1. The van der Waals surface area contributed by atoms with Crippen LogP contribution in [0.3, 0.4) is 0 Å². The van der Waals surface area contributed by atoms with E-state index in [1.165, 1.54) is 0 Å². The fraction of sp³-hybridized carbons (Fsp3) is 0.391. The van der Waals surface area contributed by atoms with Gasteiger partial charge in [0.1, 0.15) is 6.04 Å². The molecule has 4 nitrogen and oxygen atoms in total. The normalized spacial score (nSPS) is 12.8. The number of nitrogens with one attached hydrogen (secondary N) is 1. The number of halogens is 2. The van der Waals surface area contributed by atoms with Crippen molar-refractivity contribution >= 4 is 51.1 Å². The van der Waals surface area contributed by atoms with Crippen molar-refractivity contribution < 1.29 is 9.59 Å². The van der Waals surface area contributed by atoms with Gasteiger partial charge in [0, 0.05) is 39.2 Å². The molecule has 1 N–H and O–H groups in total. The first kappa shape index (κ1) is 24.8. The number of hydrogen-bond acceptors (Lipinski definition) is 3. The van der Waals surface area contributed by atoms with E-state index >= 15 is 0 Å². The monoisotopic (exact) mass is 510 g/mol. The minimum absolute atomic E-state index is 0.0359. The van der Waals surface area contributed by atoms with Crippen LogP contribution in [0.15, 0.2) is 57.9 Å². The number of carbonyl (C=O) groups excluding carboxylic acids is 2. The maximum absolute atomic E-state index is 13.1. The summed E-state index contributed by atoms with van der Waals surface area (Å²) in [6.45, 7) is 6.18. The number of amides is 2. The van der Waals surface area contributed by atoms with Crippen molar-refractivity contribution in [1.82, 2.24) is 10.2 Å². The molecule has 162 valence electrons. The molecule has 0 heterocycles. The molecular weight excluding hydrogens is 484 g/mol. The SMILES string of the molecule is CC[C@@H](C)NC(=O)[C@@H](C)N(Cc1ccc(Br)cc1)C(=O)CCSc1ccc(Cl)cc1. The second-order valence-electron chi connectivity index (χ2n) is 7.19. The zero-order valence-corrected chi connectivity index (χ0v) is 20.7. The van der Waals surface area contributed by atoms with Gasteiger partial charge in [-0.2, -0.15) is 0 Å². The zero-order chi connectivity index (χ0) is 22.1. The topological polar surface area (TPSA) is 49.4 Å². The van der Waals surface area contributed by atoms with E-state index in [1.807, 2.05) is 62.4 Å². The Balaban J connectivity index is 2.06. The molecule has 2 aromatic rings. The summed E-state index contributed by atoms with van der Waals surface area (Å²) in [5, 5.41) is 3.68.